The Morgan fingerprint density at radius 2 is 1.51 bits per heavy atom. The van der Waals surface area contributed by atoms with Crippen molar-refractivity contribution >= 4 is 44.8 Å². The van der Waals surface area contributed by atoms with Crippen LogP contribution in [-0.2, 0) is 13.1 Å². The predicted octanol–water partition coefficient (Wildman–Crippen LogP) is 9.86. The minimum absolute atomic E-state index is 0.341. The molecule has 6 rings (SSSR count). The van der Waals surface area contributed by atoms with Gasteiger partial charge in [0.25, 0.3) is 10.5 Å². The van der Waals surface area contributed by atoms with Crippen LogP contribution < -0.4 is 9.13 Å². The van der Waals surface area contributed by atoms with Gasteiger partial charge in [0, 0.05) is 18.2 Å². The molecule has 2 aromatic carbocycles. The van der Waals surface area contributed by atoms with Gasteiger partial charge in [0.2, 0.25) is 11.1 Å². The van der Waals surface area contributed by atoms with Gasteiger partial charge in [-0.05, 0) is 88.0 Å². The molecule has 0 amide bonds. The summed E-state index contributed by atoms with van der Waals surface area (Å²) in [6.07, 6.45) is 14.0. The molecule has 1 atom stereocenters. The number of para-hydroxylation sites is 3. The Morgan fingerprint density at radius 3 is 2.22 bits per heavy atom. The lowest BCUT2D eigenvalue weighted by Crippen LogP contribution is -2.33. The number of aryl methyl sites for hydroxylation is 2. The van der Waals surface area contributed by atoms with Crippen molar-refractivity contribution in [1.82, 2.24) is 0 Å². The van der Waals surface area contributed by atoms with Gasteiger partial charge >= 0.3 is 5.89 Å². The van der Waals surface area contributed by atoms with Crippen LogP contribution in [0.4, 0.5) is 0 Å². The third-order valence-corrected chi connectivity index (χ3v) is 9.19. The Labute approximate surface area is 250 Å². The van der Waals surface area contributed by atoms with Crippen LogP contribution in [0.25, 0.3) is 33.5 Å². The standard InChI is InChI=1S/C19H24NO.C18H22NS/c1-5-20-16-8-6-7-9-17(16)21-18(20)11-15-10-14(2)12-19(3,4)13-15;1-4-19-16-7-5-6-8-17(16)20-18(19)12-15-10-13(2)9-14(3)11-15/h6-11H,5,12-13H2,1-4H3;5-8,10,12,14H,4,9,11H2,1-3H3/q2*+1/b15-11+;15-12-. The summed E-state index contributed by atoms with van der Waals surface area (Å²) in [6.45, 7) is 17.8. The lowest BCUT2D eigenvalue weighted by molar-refractivity contribution is -0.674. The Morgan fingerprint density at radius 1 is 0.829 bits per heavy atom. The van der Waals surface area contributed by atoms with E-state index in [0.717, 1.165) is 36.9 Å². The molecule has 2 aliphatic rings. The summed E-state index contributed by atoms with van der Waals surface area (Å²) in [5.41, 5.74) is 9.64. The third-order valence-electron chi connectivity index (χ3n) is 8.08. The van der Waals surface area contributed by atoms with Crippen LogP contribution in [0.15, 0.2) is 87.4 Å². The molecule has 0 aliphatic heterocycles. The smallest absolute Gasteiger partial charge is 0.374 e. The predicted molar refractivity (Wildman–Crippen MR) is 175 cm³/mol. The first-order valence-electron chi connectivity index (χ1n) is 15.2. The van der Waals surface area contributed by atoms with Gasteiger partial charge in [0.1, 0.15) is 17.8 Å². The average molecular weight is 567 g/mol. The van der Waals surface area contributed by atoms with Gasteiger partial charge in [0.15, 0.2) is 0 Å². The quantitative estimate of drug-likeness (QED) is 0.225. The summed E-state index contributed by atoms with van der Waals surface area (Å²) in [5, 5.41) is 1.38. The average Bonchev–Trinajstić information content (AvgIpc) is 3.43. The van der Waals surface area contributed by atoms with Gasteiger partial charge < -0.3 is 4.42 Å². The van der Waals surface area contributed by atoms with E-state index in [1.807, 2.05) is 23.5 Å². The number of fused-ring (bicyclic) bond motifs is 2. The maximum absolute atomic E-state index is 6.05. The number of thiazole rings is 1. The van der Waals surface area contributed by atoms with Gasteiger partial charge in [-0.2, -0.15) is 9.13 Å². The van der Waals surface area contributed by atoms with E-state index in [4.69, 9.17) is 4.42 Å². The first kappa shape index (κ1) is 29.3. The fourth-order valence-electron chi connectivity index (χ4n) is 6.73. The van der Waals surface area contributed by atoms with Crippen molar-refractivity contribution in [3.8, 4) is 0 Å². The molecule has 0 radical (unpaired) electrons. The first-order chi connectivity index (χ1) is 19.7. The summed E-state index contributed by atoms with van der Waals surface area (Å²) >= 11 is 1.90. The van der Waals surface area contributed by atoms with Gasteiger partial charge in [-0.3, -0.25) is 0 Å². The second kappa shape index (κ2) is 12.3. The van der Waals surface area contributed by atoms with Gasteiger partial charge in [-0.1, -0.05) is 79.7 Å². The lowest BCUT2D eigenvalue weighted by atomic mass is 9.75. The lowest BCUT2D eigenvalue weighted by Gasteiger charge is -2.29. The number of oxazole rings is 1. The third kappa shape index (κ3) is 6.81. The molecule has 4 aromatic rings. The fraction of sp³-hybridized carbons (Fsp3) is 0.405. The molecule has 2 heterocycles. The van der Waals surface area contributed by atoms with Crippen molar-refractivity contribution in [2.45, 2.75) is 87.2 Å². The highest BCUT2D eigenvalue weighted by Gasteiger charge is 2.26. The van der Waals surface area contributed by atoms with Crippen LogP contribution in [0.1, 0.15) is 85.0 Å². The second-order valence-electron chi connectivity index (χ2n) is 12.8. The molecule has 0 N–H and O–H groups in total. The Kier molecular flexibility index (Phi) is 8.79. The van der Waals surface area contributed by atoms with Crippen molar-refractivity contribution in [1.29, 1.82) is 0 Å². The number of rotatable bonds is 4. The molecule has 2 aromatic heterocycles. The van der Waals surface area contributed by atoms with E-state index in [9.17, 15) is 0 Å². The zero-order chi connectivity index (χ0) is 29.1. The summed E-state index contributed by atoms with van der Waals surface area (Å²) < 4.78 is 12.1. The van der Waals surface area contributed by atoms with E-state index in [-0.39, 0.29) is 0 Å². The first-order valence-corrected chi connectivity index (χ1v) is 16.1. The number of hydrogen-bond acceptors (Lipinski definition) is 2. The van der Waals surface area contributed by atoms with E-state index in [1.165, 1.54) is 62.3 Å². The van der Waals surface area contributed by atoms with Crippen molar-refractivity contribution < 1.29 is 13.6 Å². The highest BCUT2D eigenvalue weighted by atomic mass is 32.1. The minimum atomic E-state index is 0.341. The molecule has 4 heteroatoms. The Balaban J connectivity index is 0.000000165. The topological polar surface area (TPSA) is 20.9 Å². The SMILES string of the molecule is CC[n+]1c(/C=C2/C=C(C)CC(C)C2)sc2ccccc21.CC[n+]1c(/C=C2\C=C(C)CC(C)(C)C2)oc2ccccc21. The molecule has 0 saturated heterocycles. The van der Waals surface area contributed by atoms with Crippen LogP contribution in [0.3, 0.4) is 0 Å². The number of nitrogens with zero attached hydrogens (tertiary/aromatic N) is 2. The molecule has 214 valence electrons. The van der Waals surface area contributed by atoms with Crippen molar-refractivity contribution in [2.24, 2.45) is 11.3 Å². The molecule has 0 spiro atoms. The molecule has 41 heavy (non-hydrogen) atoms. The number of benzene rings is 2. The fourth-order valence-corrected chi connectivity index (χ4v) is 7.93. The molecule has 0 saturated carbocycles. The van der Waals surface area contributed by atoms with Crippen LogP contribution in [-0.4, -0.2) is 0 Å². The van der Waals surface area contributed by atoms with Crippen molar-refractivity contribution in [2.75, 3.05) is 0 Å². The van der Waals surface area contributed by atoms with Gasteiger partial charge in [-0.25, -0.2) is 0 Å². The summed E-state index contributed by atoms with van der Waals surface area (Å²) in [6, 6.07) is 16.9. The monoisotopic (exact) mass is 566 g/mol. The van der Waals surface area contributed by atoms with E-state index in [0.29, 0.717) is 5.41 Å². The molecule has 1 unspecified atom stereocenters. The largest absolute Gasteiger partial charge is 0.398 e. The second-order valence-corrected chi connectivity index (χ2v) is 13.8. The highest BCUT2D eigenvalue weighted by Crippen LogP contribution is 2.38. The number of aromatic nitrogens is 2. The normalized spacial score (nSPS) is 20.7. The van der Waals surface area contributed by atoms with Gasteiger partial charge in [0.05, 0.1) is 6.08 Å². The zero-order valence-corrected chi connectivity index (χ0v) is 26.8. The van der Waals surface area contributed by atoms with Crippen LogP contribution in [0.5, 0.6) is 0 Å². The molecule has 0 bridgehead atoms. The van der Waals surface area contributed by atoms with Gasteiger partial charge in [-0.15, -0.1) is 0 Å². The molecular weight excluding hydrogens is 520 g/mol. The summed E-state index contributed by atoms with van der Waals surface area (Å²) in [7, 11) is 0. The van der Waals surface area contributed by atoms with Crippen molar-refractivity contribution in [3.63, 3.8) is 0 Å². The Bertz CT molecular complexity index is 1670. The maximum Gasteiger partial charge on any atom is 0.374 e. The zero-order valence-electron chi connectivity index (χ0n) is 26.0. The minimum Gasteiger partial charge on any atom is -0.398 e. The van der Waals surface area contributed by atoms with E-state index in [1.54, 1.807) is 0 Å². The summed E-state index contributed by atoms with van der Waals surface area (Å²) in [5.74, 6) is 1.73. The van der Waals surface area contributed by atoms with Crippen LogP contribution in [0.2, 0.25) is 0 Å². The maximum atomic E-state index is 6.05. The van der Waals surface area contributed by atoms with Crippen molar-refractivity contribution in [3.05, 3.63) is 93.9 Å². The van der Waals surface area contributed by atoms with E-state index >= 15 is 0 Å². The van der Waals surface area contributed by atoms with Crippen LogP contribution >= 0.6 is 11.3 Å². The van der Waals surface area contributed by atoms with E-state index in [2.05, 4.69) is 118 Å². The molecule has 0 fully saturated rings. The van der Waals surface area contributed by atoms with E-state index < -0.39 is 0 Å². The number of allylic oxidation sites excluding steroid dienone is 6. The van der Waals surface area contributed by atoms with Crippen LogP contribution in [0, 0.1) is 11.3 Å². The summed E-state index contributed by atoms with van der Waals surface area (Å²) in [4.78, 5) is 0. The highest BCUT2D eigenvalue weighted by molar-refractivity contribution is 7.18. The number of hydrogen-bond donors (Lipinski definition) is 0. The Hall–Kier alpha value is -3.24. The molecular formula is C37H46N2OS+2. The molecule has 3 nitrogen and oxygen atoms in total. The molecule has 2 aliphatic carbocycles.